The highest BCUT2D eigenvalue weighted by molar-refractivity contribution is 7.89. The van der Waals surface area contributed by atoms with Crippen molar-refractivity contribution in [3.63, 3.8) is 0 Å². The predicted octanol–water partition coefficient (Wildman–Crippen LogP) is 2.04. The fourth-order valence-corrected chi connectivity index (χ4v) is 4.15. The van der Waals surface area contributed by atoms with Crippen LogP contribution in [0.25, 0.3) is 0 Å². The monoisotopic (exact) mass is 394 g/mol. The molecule has 0 saturated carbocycles. The van der Waals surface area contributed by atoms with Crippen LogP contribution in [0.2, 0.25) is 5.02 Å². The van der Waals surface area contributed by atoms with Crippen molar-refractivity contribution >= 4 is 33.2 Å². The minimum absolute atomic E-state index is 0.0613. The van der Waals surface area contributed by atoms with Crippen LogP contribution in [-0.4, -0.2) is 33.0 Å². The first-order valence-corrected chi connectivity index (χ1v) is 9.84. The summed E-state index contributed by atoms with van der Waals surface area (Å²) in [5.41, 5.74) is 0.530. The molecule has 26 heavy (non-hydrogen) atoms. The van der Waals surface area contributed by atoms with Crippen molar-refractivity contribution in [3.05, 3.63) is 58.6 Å². The van der Waals surface area contributed by atoms with Gasteiger partial charge in [-0.25, -0.2) is 13.1 Å². The second kappa shape index (κ2) is 6.66. The lowest BCUT2D eigenvalue weighted by atomic mass is 9.97. The van der Waals surface area contributed by atoms with E-state index in [1.165, 1.54) is 24.0 Å². The SMILES string of the molecule is CN1C(=O)Cc2cc(S(=O)(=O)NCC(C)(O)c3ccc(Cl)cc3)ccc21. The summed E-state index contributed by atoms with van der Waals surface area (Å²) in [6, 6.07) is 11.1. The third kappa shape index (κ3) is 3.61. The quantitative estimate of drug-likeness (QED) is 0.812. The summed E-state index contributed by atoms with van der Waals surface area (Å²) in [7, 11) is -2.18. The topological polar surface area (TPSA) is 86.7 Å². The third-order valence-electron chi connectivity index (χ3n) is 4.51. The molecule has 1 atom stereocenters. The summed E-state index contributed by atoms with van der Waals surface area (Å²) in [4.78, 5) is 13.3. The van der Waals surface area contributed by atoms with Crippen LogP contribution >= 0.6 is 11.6 Å². The molecule has 0 aliphatic carbocycles. The van der Waals surface area contributed by atoms with Crippen molar-refractivity contribution in [3.8, 4) is 0 Å². The average Bonchev–Trinajstić information content (AvgIpc) is 2.88. The van der Waals surface area contributed by atoms with E-state index in [0.717, 1.165) is 0 Å². The Bertz CT molecular complexity index is 956. The van der Waals surface area contributed by atoms with Crippen molar-refractivity contribution in [1.82, 2.24) is 4.72 Å². The van der Waals surface area contributed by atoms with Crippen molar-refractivity contribution in [2.24, 2.45) is 0 Å². The van der Waals surface area contributed by atoms with Crippen LogP contribution in [0.1, 0.15) is 18.1 Å². The molecule has 0 bridgehead atoms. The summed E-state index contributed by atoms with van der Waals surface area (Å²) in [6.07, 6.45) is 0.178. The fourth-order valence-electron chi connectivity index (χ4n) is 2.84. The van der Waals surface area contributed by atoms with Gasteiger partial charge in [-0.1, -0.05) is 23.7 Å². The second-order valence-corrected chi connectivity index (χ2v) is 8.73. The number of aliphatic hydroxyl groups is 1. The molecular weight excluding hydrogens is 376 g/mol. The maximum absolute atomic E-state index is 12.6. The zero-order valence-corrected chi connectivity index (χ0v) is 15.9. The van der Waals surface area contributed by atoms with Crippen molar-refractivity contribution < 1.29 is 18.3 Å². The van der Waals surface area contributed by atoms with E-state index in [1.807, 2.05) is 0 Å². The van der Waals surface area contributed by atoms with Gasteiger partial charge in [-0.15, -0.1) is 0 Å². The van der Waals surface area contributed by atoms with E-state index in [4.69, 9.17) is 11.6 Å². The lowest BCUT2D eigenvalue weighted by Crippen LogP contribution is -2.38. The average molecular weight is 395 g/mol. The molecule has 2 N–H and O–H groups in total. The third-order valence-corrected chi connectivity index (χ3v) is 6.16. The number of anilines is 1. The van der Waals surface area contributed by atoms with Crippen molar-refractivity contribution in [2.45, 2.75) is 23.8 Å². The number of carbonyl (C=O) groups is 1. The molecule has 138 valence electrons. The summed E-state index contributed by atoms with van der Waals surface area (Å²) in [5, 5.41) is 11.1. The van der Waals surface area contributed by atoms with E-state index < -0.39 is 15.6 Å². The first kappa shape index (κ1) is 18.8. The fraction of sp³-hybridized carbons (Fsp3) is 0.278. The van der Waals surface area contributed by atoms with Gasteiger partial charge in [0.05, 0.1) is 11.3 Å². The van der Waals surface area contributed by atoms with Crippen LogP contribution in [-0.2, 0) is 26.8 Å². The molecule has 6 nitrogen and oxygen atoms in total. The normalized spacial score (nSPS) is 16.5. The van der Waals surface area contributed by atoms with Gasteiger partial charge in [-0.3, -0.25) is 4.79 Å². The highest BCUT2D eigenvalue weighted by Gasteiger charge is 2.29. The van der Waals surface area contributed by atoms with Gasteiger partial charge in [0.15, 0.2) is 0 Å². The van der Waals surface area contributed by atoms with E-state index in [-0.39, 0.29) is 23.8 Å². The molecule has 3 rings (SSSR count). The molecule has 1 heterocycles. The Morgan fingerprint density at radius 1 is 1.23 bits per heavy atom. The van der Waals surface area contributed by atoms with Crippen LogP contribution in [0, 0.1) is 0 Å². The molecule has 2 aromatic rings. The summed E-state index contributed by atoms with van der Waals surface area (Å²) in [6.45, 7) is 1.32. The van der Waals surface area contributed by atoms with Gasteiger partial charge in [0.1, 0.15) is 5.60 Å². The number of hydrogen-bond donors (Lipinski definition) is 2. The number of carbonyl (C=O) groups excluding carboxylic acids is 1. The maximum Gasteiger partial charge on any atom is 0.240 e. The summed E-state index contributed by atoms with van der Waals surface area (Å²) < 4.78 is 27.6. The standard InChI is InChI=1S/C18H19ClN2O4S/c1-18(23,13-3-5-14(19)6-4-13)11-20-26(24,25)15-7-8-16-12(9-15)10-17(22)21(16)2/h3-9,20,23H,10-11H2,1-2H3. The van der Waals surface area contributed by atoms with E-state index >= 15 is 0 Å². The van der Waals surface area contributed by atoms with Gasteiger partial charge in [-0.05, 0) is 48.4 Å². The van der Waals surface area contributed by atoms with Gasteiger partial charge < -0.3 is 10.0 Å². The summed E-state index contributed by atoms with van der Waals surface area (Å²) >= 11 is 5.84. The van der Waals surface area contributed by atoms with Gasteiger partial charge in [-0.2, -0.15) is 0 Å². The Kier molecular flexibility index (Phi) is 4.83. The lowest BCUT2D eigenvalue weighted by Gasteiger charge is -2.24. The van der Waals surface area contributed by atoms with E-state index in [2.05, 4.69) is 4.72 Å². The van der Waals surface area contributed by atoms with Crippen molar-refractivity contribution in [1.29, 1.82) is 0 Å². The Labute approximate surface area is 157 Å². The number of benzene rings is 2. The summed E-state index contributed by atoms with van der Waals surface area (Å²) in [5.74, 6) is -0.0758. The number of rotatable bonds is 5. The van der Waals surface area contributed by atoms with Crippen molar-refractivity contribution in [2.75, 3.05) is 18.5 Å². The zero-order valence-electron chi connectivity index (χ0n) is 14.4. The number of likely N-dealkylation sites (N-methyl/N-ethyl adjacent to an activating group) is 1. The number of amides is 1. The van der Waals surface area contributed by atoms with E-state index in [9.17, 15) is 18.3 Å². The smallest absolute Gasteiger partial charge is 0.240 e. The highest BCUT2D eigenvalue weighted by atomic mass is 35.5. The van der Waals surface area contributed by atoms with Crippen LogP contribution < -0.4 is 9.62 Å². The largest absolute Gasteiger partial charge is 0.384 e. The number of sulfonamides is 1. The molecule has 2 aromatic carbocycles. The van der Waals surface area contributed by atoms with E-state index in [0.29, 0.717) is 21.8 Å². The molecule has 0 fully saturated rings. The Balaban J connectivity index is 1.78. The number of nitrogens with zero attached hydrogens (tertiary/aromatic N) is 1. The van der Waals surface area contributed by atoms with Gasteiger partial charge in [0, 0.05) is 24.3 Å². The van der Waals surface area contributed by atoms with E-state index in [1.54, 1.807) is 37.4 Å². The molecule has 1 unspecified atom stereocenters. The number of halogens is 1. The van der Waals surface area contributed by atoms with Crippen LogP contribution in [0.4, 0.5) is 5.69 Å². The maximum atomic E-state index is 12.6. The Hall–Kier alpha value is -1.93. The van der Waals surface area contributed by atoms with Crippen LogP contribution in [0.5, 0.6) is 0 Å². The van der Waals surface area contributed by atoms with Gasteiger partial charge >= 0.3 is 0 Å². The number of hydrogen-bond acceptors (Lipinski definition) is 4. The minimum atomic E-state index is -3.83. The Morgan fingerprint density at radius 2 is 1.88 bits per heavy atom. The first-order chi connectivity index (χ1) is 12.1. The number of nitrogens with one attached hydrogen (secondary N) is 1. The van der Waals surface area contributed by atoms with Crippen LogP contribution in [0.15, 0.2) is 47.4 Å². The zero-order chi connectivity index (χ0) is 19.1. The Morgan fingerprint density at radius 3 is 2.54 bits per heavy atom. The molecule has 0 saturated heterocycles. The molecule has 1 amide bonds. The van der Waals surface area contributed by atoms with Gasteiger partial charge in [0.2, 0.25) is 15.9 Å². The predicted molar refractivity (Wildman–Crippen MR) is 99.8 cm³/mol. The molecule has 0 spiro atoms. The molecule has 1 aliphatic heterocycles. The first-order valence-electron chi connectivity index (χ1n) is 7.98. The lowest BCUT2D eigenvalue weighted by molar-refractivity contribution is -0.117. The molecular formula is C18H19ClN2O4S. The second-order valence-electron chi connectivity index (χ2n) is 6.53. The number of fused-ring (bicyclic) bond motifs is 1. The highest BCUT2D eigenvalue weighted by Crippen LogP contribution is 2.30. The molecule has 0 aromatic heterocycles. The van der Waals surface area contributed by atoms with Gasteiger partial charge in [0.25, 0.3) is 0 Å². The minimum Gasteiger partial charge on any atom is -0.384 e. The molecule has 1 aliphatic rings. The van der Waals surface area contributed by atoms with Crippen LogP contribution in [0.3, 0.4) is 0 Å². The molecule has 0 radical (unpaired) electrons. The molecule has 8 heteroatoms.